The Morgan fingerprint density at radius 1 is 1.44 bits per heavy atom. The Kier molecular flexibility index (Phi) is 6.65. The molecule has 0 bridgehead atoms. The molecule has 0 spiro atoms. The van der Waals surface area contributed by atoms with Crippen LogP contribution >= 0.6 is 0 Å². The zero-order chi connectivity index (χ0) is 13.5. The highest BCUT2D eigenvalue weighted by Crippen LogP contribution is 2.28. The predicted octanol–water partition coefficient (Wildman–Crippen LogP) is 1.78. The van der Waals surface area contributed by atoms with Gasteiger partial charge in [-0.15, -0.1) is 0 Å². The summed E-state index contributed by atoms with van der Waals surface area (Å²) >= 11 is 0. The van der Waals surface area contributed by atoms with Crippen molar-refractivity contribution in [2.45, 2.75) is 58.6 Å². The molecule has 1 amide bonds. The highest BCUT2D eigenvalue weighted by atomic mass is 16.5. The third kappa shape index (κ3) is 5.36. The standard InChI is InChI=1S/C14H28N2O2/c1-4-18-13(10-15)9-14(17)16(12-5-6-12)8-7-11(2)3/h11-13H,4-10,15H2,1-3H3. The minimum atomic E-state index is -0.122. The average Bonchev–Trinajstić information content (AvgIpc) is 3.12. The van der Waals surface area contributed by atoms with E-state index in [2.05, 4.69) is 13.8 Å². The Bertz CT molecular complexity index is 252. The van der Waals surface area contributed by atoms with E-state index >= 15 is 0 Å². The van der Waals surface area contributed by atoms with Crippen molar-refractivity contribution in [3.05, 3.63) is 0 Å². The molecule has 0 aliphatic heterocycles. The van der Waals surface area contributed by atoms with Crippen LogP contribution in [0.2, 0.25) is 0 Å². The number of hydrogen-bond donors (Lipinski definition) is 1. The fraction of sp³-hybridized carbons (Fsp3) is 0.929. The lowest BCUT2D eigenvalue weighted by Gasteiger charge is -2.25. The predicted molar refractivity (Wildman–Crippen MR) is 73.3 cm³/mol. The quantitative estimate of drug-likeness (QED) is 0.684. The van der Waals surface area contributed by atoms with Crippen LogP contribution in [-0.2, 0) is 9.53 Å². The van der Waals surface area contributed by atoms with Gasteiger partial charge in [0.05, 0.1) is 12.5 Å². The molecule has 0 aromatic heterocycles. The first-order valence-electron chi connectivity index (χ1n) is 7.19. The van der Waals surface area contributed by atoms with E-state index in [1.807, 2.05) is 11.8 Å². The van der Waals surface area contributed by atoms with Gasteiger partial charge < -0.3 is 15.4 Å². The number of carbonyl (C=O) groups is 1. The van der Waals surface area contributed by atoms with Gasteiger partial charge >= 0.3 is 0 Å². The van der Waals surface area contributed by atoms with Gasteiger partial charge in [0.2, 0.25) is 5.91 Å². The Morgan fingerprint density at radius 3 is 2.56 bits per heavy atom. The summed E-state index contributed by atoms with van der Waals surface area (Å²) in [6.07, 6.45) is 3.70. The summed E-state index contributed by atoms with van der Waals surface area (Å²) in [7, 11) is 0. The van der Waals surface area contributed by atoms with Gasteiger partial charge in [-0.1, -0.05) is 13.8 Å². The number of amides is 1. The molecule has 106 valence electrons. The molecule has 1 saturated carbocycles. The van der Waals surface area contributed by atoms with E-state index in [0.29, 0.717) is 31.5 Å². The van der Waals surface area contributed by atoms with E-state index in [-0.39, 0.29) is 12.0 Å². The van der Waals surface area contributed by atoms with Crippen LogP contribution in [0.1, 0.15) is 46.5 Å². The molecular weight excluding hydrogens is 228 g/mol. The van der Waals surface area contributed by atoms with E-state index in [9.17, 15) is 4.79 Å². The van der Waals surface area contributed by atoms with Gasteiger partial charge in [-0.2, -0.15) is 0 Å². The van der Waals surface area contributed by atoms with Crippen LogP contribution in [-0.4, -0.2) is 42.6 Å². The summed E-state index contributed by atoms with van der Waals surface area (Å²) in [6.45, 7) is 8.23. The van der Waals surface area contributed by atoms with Crippen molar-refractivity contribution >= 4 is 5.91 Å². The third-order valence-corrected chi connectivity index (χ3v) is 3.32. The lowest BCUT2D eigenvalue weighted by molar-refractivity contribution is -0.134. The monoisotopic (exact) mass is 256 g/mol. The zero-order valence-corrected chi connectivity index (χ0v) is 12.0. The molecule has 2 N–H and O–H groups in total. The minimum absolute atomic E-state index is 0.122. The molecule has 0 aromatic rings. The van der Waals surface area contributed by atoms with Crippen molar-refractivity contribution in [2.75, 3.05) is 19.7 Å². The Balaban J connectivity index is 2.43. The van der Waals surface area contributed by atoms with Crippen molar-refractivity contribution in [1.82, 2.24) is 4.90 Å². The van der Waals surface area contributed by atoms with Gasteiger partial charge in [-0.25, -0.2) is 0 Å². The van der Waals surface area contributed by atoms with Gasteiger partial charge in [-0.05, 0) is 32.1 Å². The van der Waals surface area contributed by atoms with E-state index in [1.54, 1.807) is 0 Å². The van der Waals surface area contributed by atoms with Crippen LogP contribution in [0.3, 0.4) is 0 Å². The smallest absolute Gasteiger partial charge is 0.225 e. The minimum Gasteiger partial charge on any atom is -0.377 e. The average molecular weight is 256 g/mol. The van der Waals surface area contributed by atoms with E-state index in [0.717, 1.165) is 25.8 Å². The first-order valence-corrected chi connectivity index (χ1v) is 7.19. The normalized spacial score (nSPS) is 16.9. The first-order chi connectivity index (χ1) is 8.58. The lowest BCUT2D eigenvalue weighted by atomic mass is 10.1. The molecule has 4 nitrogen and oxygen atoms in total. The fourth-order valence-corrected chi connectivity index (χ4v) is 2.05. The van der Waals surface area contributed by atoms with Gasteiger partial charge in [-0.3, -0.25) is 4.79 Å². The van der Waals surface area contributed by atoms with Gasteiger partial charge in [0.15, 0.2) is 0 Å². The molecule has 1 fully saturated rings. The molecular formula is C14H28N2O2. The maximum absolute atomic E-state index is 12.3. The molecule has 1 aliphatic carbocycles. The van der Waals surface area contributed by atoms with Gasteiger partial charge in [0.1, 0.15) is 0 Å². The number of nitrogens with two attached hydrogens (primary N) is 1. The first kappa shape index (κ1) is 15.4. The molecule has 1 rings (SSSR count). The summed E-state index contributed by atoms with van der Waals surface area (Å²) in [5.41, 5.74) is 5.63. The maximum atomic E-state index is 12.3. The largest absolute Gasteiger partial charge is 0.377 e. The summed E-state index contributed by atoms with van der Waals surface area (Å²) in [6, 6.07) is 0.483. The van der Waals surface area contributed by atoms with Crippen LogP contribution in [0.4, 0.5) is 0 Å². The number of nitrogens with zero attached hydrogens (tertiary/aromatic N) is 1. The van der Waals surface area contributed by atoms with Gasteiger partial charge in [0, 0.05) is 25.7 Å². The van der Waals surface area contributed by atoms with Crippen molar-refractivity contribution in [1.29, 1.82) is 0 Å². The molecule has 1 atom stereocenters. The Hall–Kier alpha value is -0.610. The maximum Gasteiger partial charge on any atom is 0.225 e. The molecule has 1 aliphatic rings. The van der Waals surface area contributed by atoms with Crippen molar-refractivity contribution in [3.63, 3.8) is 0 Å². The number of hydrogen-bond acceptors (Lipinski definition) is 3. The topological polar surface area (TPSA) is 55.6 Å². The summed E-state index contributed by atoms with van der Waals surface area (Å²) in [4.78, 5) is 14.3. The van der Waals surface area contributed by atoms with Crippen molar-refractivity contribution in [2.24, 2.45) is 11.7 Å². The molecule has 0 saturated heterocycles. The van der Waals surface area contributed by atoms with Gasteiger partial charge in [0.25, 0.3) is 0 Å². The number of rotatable bonds is 9. The number of ether oxygens (including phenoxy) is 1. The molecule has 0 radical (unpaired) electrons. The molecule has 0 heterocycles. The zero-order valence-electron chi connectivity index (χ0n) is 12.0. The summed E-state index contributed by atoms with van der Waals surface area (Å²) < 4.78 is 5.47. The van der Waals surface area contributed by atoms with Crippen molar-refractivity contribution in [3.8, 4) is 0 Å². The lowest BCUT2D eigenvalue weighted by Crippen LogP contribution is -2.38. The van der Waals surface area contributed by atoms with Crippen LogP contribution in [0.15, 0.2) is 0 Å². The van der Waals surface area contributed by atoms with Crippen LogP contribution < -0.4 is 5.73 Å². The van der Waals surface area contributed by atoms with E-state index in [4.69, 9.17) is 10.5 Å². The Labute approximate surface area is 111 Å². The Morgan fingerprint density at radius 2 is 2.11 bits per heavy atom. The molecule has 4 heteroatoms. The van der Waals surface area contributed by atoms with Crippen molar-refractivity contribution < 1.29 is 9.53 Å². The van der Waals surface area contributed by atoms with Crippen LogP contribution in [0.5, 0.6) is 0 Å². The van der Waals surface area contributed by atoms with Crippen LogP contribution in [0.25, 0.3) is 0 Å². The second-order valence-electron chi connectivity index (χ2n) is 5.52. The number of carbonyl (C=O) groups excluding carboxylic acids is 1. The summed E-state index contributed by atoms with van der Waals surface area (Å²) in [5, 5.41) is 0. The van der Waals surface area contributed by atoms with Crippen LogP contribution in [0, 0.1) is 5.92 Å². The highest BCUT2D eigenvalue weighted by molar-refractivity contribution is 5.77. The van der Waals surface area contributed by atoms with E-state index in [1.165, 1.54) is 0 Å². The van der Waals surface area contributed by atoms with E-state index < -0.39 is 0 Å². The molecule has 1 unspecified atom stereocenters. The summed E-state index contributed by atoms with van der Waals surface area (Å²) in [5.74, 6) is 0.846. The molecule has 0 aromatic carbocycles. The fourth-order valence-electron chi connectivity index (χ4n) is 2.05. The molecule has 18 heavy (non-hydrogen) atoms. The second kappa shape index (κ2) is 7.74. The SMILES string of the molecule is CCOC(CN)CC(=O)N(CCC(C)C)C1CC1. The highest BCUT2D eigenvalue weighted by Gasteiger charge is 2.32. The second-order valence-corrected chi connectivity index (χ2v) is 5.52. The third-order valence-electron chi connectivity index (χ3n) is 3.32.